The first-order chi connectivity index (χ1) is 8.15. The van der Waals surface area contributed by atoms with Gasteiger partial charge in [-0.15, -0.1) is 0 Å². The lowest BCUT2D eigenvalue weighted by molar-refractivity contribution is 0.225. The Balaban J connectivity index is 1.82. The van der Waals surface area contributed by atoms with E-state index in [1.54, 1.807) is 0 Å². The Labute approximate surface area is 113 Å². The molecule has 1 aliphatic rings. The summed E-state index contributed by atoms with van der Waals surface area (Å²) in [5, 5.41) is 3.70. The van der Waals surface area contributed by atoms with Crippen molar-refractivity contribution < 1.29 is 0 Å². The van der Waals surface area contributed by atoms with Crippen molar-refractivity contribution in [2.24, 2.45) is 11.8 Å². The highest BCUT2D eigenvalue weighted by Crippen LogP contribution is 2.29. The molecule has 3 unspecified atom stereocenters. The Morgan fingerprint density at radius 3 is 2.76 bits per heavy atom. The van der Waals surface area contributed by atoms with Crippen molar-refractivity contribution in [3.05, 3.63) is 34.3 Å². The molecular formula is C15H22BrN. The fourth-order valence-corrected chi connectivity index (χ4v) is 3.09. The maximum absolute atomic E-state index is 3.70. The number of nitrogens with one attached hydrogen (secondary N) is 1. The second-order valence-electron chi connectivity index (χ2n) is 5.48. The summed E-state index contributed by atoms with van der Waals surface area (Å²) in [5.74, 6) is 1.77. The van der Waals surface area contributed by atoms with Gasteiger partial charge in [-0.3, -0.25) is 0 Å². The maximum atomic E-state index is 3.70. The monoisotopic (exact) mass is 295 g/mol. The molecule has 1 saturated carbocycles. The third-order valence-corrected chi connectivity index (χ3v) is 4.58. The molecule has 1 aromatic rings. The molecule has 3 atom stereocenters. The fourth-order valence-electron chi connectivity index (χ4n) is 2.64. The van der Waals surface area contributed by atoms with E-state index in [1.807, 2.05) is 0 Å². The summed E-state index contributed by atoms with van der Waals surface area (Å²) in [6.07, 6.45) is 4.03. The van der Waals surface area contributed by atoms with E-state index in [9.17, 15) is 0 Å². The Morgan fingerprint density at radius 1 is 1.24 bits per heavy atom. The molecule has 2 heteroatoms. The van der Waals surface area contributed by atoms with Crippen LogP contribution in [-0.2, 0) is 6.54 Å². The third-order valence-electron chi connectivity index (χ3n) is 4.08. The largest absolute Gasteiger partial charge is 0.310 e. The molecule has 0 radical (unpaired) electrons. The number of halogens is 1. The van der Waals surface area contributed by atoms with Crippen LogP contribution in [-0.4, -0.2) is 6.04 Å². The average molecular weight is 296 g/mol. The first-order valence-corrected chi connectivity index (χ1v) is 7.42. The van der Waals surface area contributed by atoms with E-state index in [2.05, 4.69) is 59.4 Å². The molecule has 0 saturated heterocycles. The SMILES string of the molecule is CC1CCC(NCc2cccc(Br)c2)CC1C. The van der Waals surface area contributed by atoms with Crippen LogP contribution >= 0.6 is 15.9 Å². The molecule has 1 aromatic carbocycles. The van der Waals surface area contributed by atoms with E-state index in [-0.39, 0.29) is 0 Å². The van der Waals surface area contributed by atoms with Crippen molar-refractivity contribution in [2.45, 2.75) is 45.7 Å². The molecule has 1 N–H and O–H groups in total. The normalized spacial score (nSPS) is 29.2. The third kappa shape index (κ3) is 3.82. The van der Waals surface area contributed by atoms with E-state index >= 15 is 0 Å². The van der Waals surface area contributed by atoms with Crippen LogP contribution in [0, 0.1) is 11.8 Å². The summed E-state index contributed by atoms with van der Waals surface area (Å²) in [4.78, 5) is 0. The lowest BCUT2D eigenvalue weighted by Crippen LogP contribution is -2.35. The van der Waals surface area contributed by atoms with Gasteiger partial charge in [0.05, 0.1) is 0 Å². The number of rotatable bonds is 3. The van der Waals surface area contributed by atoms with E-state index < -0.39 is 0 Å². The maximum Gasteiger partial charge on any atom is 0.0208 e. The van der Waals surface area contributed by atoms with Crippen LogP contribution in [0.15, 0.2) is 28.7 Å². The summed E-state index contributed by atoms with van der Waals surface area (Å²) in [6.45, 7) is 5.76. The van der Waals surface area contributed by atoms with Crippen LogP contribution in [0.5, 0.6) is 0 Å². The Kier molecular flexibility index (Phi) is 4.63. The fraction of sp³-hybridized carbons (Fsp3) is 0.600. The first-order valence-electron chi connectivity index (χ1n) is 6.63. The zero-order chi connectivity index (χ0) is 12.3. The molecule has 2 rings (SSSR count). The Morgan fingerprint density at radius 2 is 2.06 bits per heavy atom. The standard InChI is InChI=1S/C15H22BrN/c1-11-6-7-15(8-12(11)2)17-10-13-4-3-5-14(16)9-13/h3-5,9,11-12,15,17H,6-8,10H2,1-2H3. The van der Waals surface area contributed by atoms with Gasteiger partial charge in [0, 0.05) is 17.1 Å². The highest BCUT2D eigenvalue weighted by molar-refractivity contribution is 9.10. The quantitative estimate of drug-likeness (QED) is 0.873. The Bertz CT molecular complexity index is 364. The average Bonchev–Trinajstić information content (AvgIpc) is 2.31. The molecule has 94 valence electrons. The summed E-state index contributed by atoms with van der Waals surface area (Å²) >= 11 is 3.52. The van der Waals surface area contributed by atoms with Gasteiger partial charge in [-0.2, -0.15) is 0 Å². The molecule has 0 amide bonds. The van der Waals surface area contributed by atoms with Crippen LogP contribution in [0.25, 0.3) is 0 Å². The van der Waals surface area contributed by atoms with Crippen molar-refractivity contribution in [1.82, 2.24) is 5.32 Å². The van der Waals surface area contributed by atoms with Gasteiger partial charge in [0.1, 0.15) is 0 Å². The van der Waals surface area contributed by atoms with Crippen LogP contribution in [0.1, 0.15) is 38.7 Å². The molecule has 17 heavy (non-hydrogen) atoms. The van der Waals surface area contributed by atoms with Crippen molar-refractivity contribution in [3.63, 3.8) is 0 Å². The van der Waals surface area contributed by atoms with Crippen LogP contribution in [0.2, 0.25) is 0 Å². The smallest absolute Gasteiger partial charge is 0.0208 e. The summed E-state index contributed by atoms with van der Waals surface area (Å²) in [5.41, 5.74) is 1.37. The highest BCUT2D eigenvalue weighted by Gasteiger charge is 2.23. The van der Waals surface area contributed by atoms with Gasteiger partial charge in [-0.05, 0) is 48.8 Å². The van der Waals surface area contributed by atoms with Gasteiger partial charge in [0.2, 0.25) is 0 Å². The molecule has 1 nitrogen and oxygen atoms in total. The predicted octanol–water partition coefficient (Wildman–Crippen LogP) is 4.36. The van der Waals surface area contributed by atoms with Crippen LogP contribution in [0.3, 0.4) is 0 Å². The van der Waals surface area contributed by atoms with Crippen LogP contribution < -0.4 is 5.32 Å². The number of hydrogen-bond acceptors (Lipinski definition) is 1. The molecular weight excluding hydrogens is 274 g/mol. The van der Waals surface area contributed by atoms with E-state index in [1.165, 1.54) is 29.3 Å². The van der Waals surface area contributed by atoms with E-state index in [0.717, 1.165) is 18.4 Å². The van der Waals surface area contributed by atoms with Gasteiger partial charge < -0.3 is 5.32 Å². The van der Waals surface area contributed by atoms with Crippen molar-refractivity contribution in [1.29, 1.82) is 0 Å². The lowest BCUT2D eigenvalue weighted by atomic mass is 9.79. The molecule has 1 fully saturated rings. The molecule has 0 spiro atoms. The van der Waals surface area contributed by atoms with Gasteiger partial charge in [0.15, 0.2) is 0 Å². The molecule has 0 bridgehead atoms. The van der Waals surface area contributed by atoms with Gasteiger partial charge in [-0.1, -0.05) is 41.9 Å². The predicted molar refractivity (Wildman–Crippen MR) is 76.9 cm³/mol. The number of benzene rings is 1. The van der Waals surface area contributed by atoms with Crippen LogP contribution in [0.4, 0.5) is 0 Å². The minimum atomic E-state index is 0.709. The lowest BCUT2D eigenvalue weighted by Gasteiger charge is -2.32. The number of hydrogen-bond donors (Lipinski definition) is 1. The van der Waals surface area contributed by atoms with Gasteiger partial charge >= 0.3 is 0 Å². The minimum Gasteiger partial charge on any atom is -0.310 e. The van der Waals surface area contributed by atoms with Gasteiger partial charge in [0.25, 0.3) is 0 Å². The summed E-state index contributed by atoms with van der Waals surface area (Å²) < 4.78 is 1.17. The van der Waals surface area contributed by atoms with E-state index in [0.29, 0.717) is 6.04 Å². The Hall–Kier alpha value is -0.340. The molecule has 0 aliphatic heterocycles. The summed E-state index contributed by atoms with van der Waals surface area (Å²) in [7, 11) is 0. The topological polar surface area (TPSA) is 12.0 Å². The zero-order valence-corrected chi connectivity index (χ0v) is 12.3. The van der Waals surface area contributed by atoms with Crippen molar-refractivity contribution >= 4 is 15.9 Å². The van der Waals surface area contributed by atoms with E-state index in [4.69, 9.17) is 0 Å². The zero-order valence-electron chi connectivity index (χ0n) is 10.7. The second kappa shape index (κ2) is 6.01. The second-order valence-corrected chi connectivity index (χ2v) is 6.39. The van der Waals surface area contributed by atoms with Crippen molar-refractivity contribution in [3.8, 4) is 0 Å². The first kappa shape index (κ1) is 13.1. The molecule has 0 heterocycles. The minimum absolute atomic E-state index is 0.709. The van der Waals surface area contributed by atoms with Gasteiger partial charge in [-0.25, -0.2) is 0 Å². The highest BCUT2D eigenvalue weighted by atomic mass is 79.9. The molecule has 1 aliphatic carbocycles. The summed E-state index contributed by atoms with van der Waals surface area (Å²) in [6, 6.07) is 9.27. The molecule has 0 aromatic heterocycles. The van der Waals surface area contributed by atoms with Crippen molar-refractivity contribution in [2.75, 3.05) is 0 Å².